The number of hydrogen-bond donors (Lipinski definition) is 1. The fourth-order valence-corrected chi connectivity index (χ4v) is 4.59. The first kappa shape index (κ1) is 23.0. The molecule has 0 unspecified atom stereocenters. The lowest BCUT2D eigenvalue weighted by atomic mass is 9.94. The van der Waals surface area contributed by atoms with E-state index in [1.165, 1.54) is 0 Å². The van der Waals surface area contributed by atoms with Crippen molar-refractivity contribution in [1.82, 2.24) is 19.6 Å². The molecule has 2 aromatic rings. The number of Topliss-reactive ketones (excluding diaryl/α,β-unsaturated/α-hetero) is 1. The van der Waals surface area contributed by atoms with E-state index in [1.807, 2.05) is 19.1 Å². The van der Waals surface area contributed by atoms with Crippen molar-refractivity contribution in [2.24, 2.45) is 7.05 Å². The molecule has 33 heavy (non-hydrogen) atoms. The molecule has 0 aliphatic carbocycles. The quantitative estimate of drug-likeness (QED) is 0.404. The third-order valence-corrected chi connectivity index (χ3v) is 6.46. The second-order valence-electron chi connectivity index (χ2n) is 8.39. The lowest BCUT2D eigenvalue weighted by Crippen LogP contribution is -2.42. The summed E-state index contributed by atoms with van der Waals surface area (Å²) < 4.78 is 12.4. The first-order chi connectivity index (χ1) is 15.8. The van der Waals surface area contributed by atoms with Gasteiger partial charge in [0, 0.05) is 38.9 Å². The van der Waals surface area contributed by atoms with Crippen LogP contribution in [0.25, 0.3) is 5.76 Å². The number of aliphatic hydroxyl groups excluding tert-OH is 1. The minimum absolute atomic E-state index is 0.0782. The molecule has 176 valence electrons. The van der Waals surface area contributed by atoms with Crippen molar-refractivity contribution in [3.63, 3.8) is 0 Å². The van der Waals surface area contributed by atoms with Crippen molar-refractivity contribution in [2.45, 2.75) is 19.9 Å². The summed E-state index contributed by atoms with van der Waals surface area (Å²) in [6, 6.07) is 6.54. The Hall–Kier alpha value is -3.17. The smallest absolute Gasteiger partial charge is 0.295 e. The molecule has 0 saturated carbocycles. The van der Waals surface area contributed by atoms with Crippen LogP contribution in [0, 0.1) is 13.8 Å². The van der Waals surface area contributed by atoms with Crippen LogP contribution < -0.4 is 4.74 Å². The molecule has 1 amide bonds. The molecular formula is C24H30N4O5. The Kier molecular flexibility index (Phi) is 6.53. The zero-order valence-corrected chi connectivity index (χ0v) is 19.5. The normalized spacial score (nSPS) is 21.1. The van der Waals surface area contributed by atoms with Crippen molar-refractivity contribution in [3.8, 4) is 5.75 Å². The molecule has 0 radical (unpaired) electrons. The molecule has 1 aromatic heterocycles. The van der Waals surface area contributed by atoms with Gasteiger partial charge in [-0.25, -0.2) is 0 Å². The minimum atomic E-state index is -0.722. The van der Waals surface area contributed by atoms with Crippen molar-refractivity contribution in [1.29, 1.82) is 0 Å². The number of likely N-dealkylation sites (tertiary alicyclic amines) is 1. The van der Waals surface area contributed by atoms with Gasteiger partial charge in [-0.1, -0.05) is 12.1 Å². The summed E-state index contributed by atoms with van der Waals surface area (Å²) >= 11 is 0. The number of nitrogens with zero attached hydrogens (tertiary/aromatic N) is 4. The summed E-state index contributed by atoms with van der Waals surface area (Å²) in [6.45, 7) is 7.43. The van der Waals surface area contributed by atoms with Crippen molar-refractivity contribution in [2.75, 3.05) is 46.5 Å². The molecule has 2 fully saturated rings. The van der Waals surface area contributed by atoms with E-state index in [-0.39, 0.29) is 11.3 Å². The molecule has 4 rings (SSSR count). The average molecular weight is 455 g/mol. The molecule has 3 heterocycles. The van der Waals surface area contributed by atoms with Crippen molar-refractivity contribution in [3.05, 3.63) is 52.4 Å². The lowest BCUT2D eigenvalue weighted by Gasteiger charge is -2.31. The van der Waals surface area contributed by atoms with Gasteiger partial charge in [0.2, 0.25) is 0 Å². The molecule has 0 spiro atoms. The van der Waals surface area contributed by atoms with Gasteiger partial charge in [0.25, 0.3) is 11.7 Å². The second-order valence-corrected chi connectivity index (χ2v) is 8.39. The van der Waals surface area contributed by atoms with Gasteiger partial charge in [0.1, 0.15) is 11.5 Å². The Bertz CT molecular complexity index is 1100. The zero-order chi connectivity index (χ0) is 23.7. The summed E-state index contributed by atoms with van der Waals surface area (Å²) in [5.74, 6) is -0.889. The summed E-state index contributed by atoms with van der Waals surface area (Å²) in [5.41, 5.74) is 2.58. The van der Waals surface area contributed by atoms with E-state index in [9.17, 15) is 14.7 Å². The Labute approximate surface area is 193 Å². The summed E-state index contributed by atoms with van der Waals surface area (Å²) in [6.07, 6.45) is 0. The highest BCUT2D eigenvalue weighted by Gasteiger charge is 2.46. The highest BCUT2D eigenvalue weighted by molar-refractivity contribution is 6.46. The number of carbonyl (C=O) groups excluding carboxylic acids is 2. The summed E-state index contributed by atoms with van der Waals surface area (Å²) in [7, 11) is 3.34. The number of benzene rings is 1. The maximum Gasteiger partial charge on any atom is 0.295 e. The molecule has 9 nitrogen and oxygen atoms in total. The van der Waals surface area contributed by atoms with E-state index in [2.05, 4.69) is 10.00 Å². The van der Waals surface area contributed by atoms with E-state index >= 15 is 0 Å². The van der Waals surface area contributed by atoms with Crippen LogP contribution in [0.5, 0.6) is 5.75 Å². The number of aromatic nitrogens is 2. The molecule has 0 bridgehead atoms. The summed E-state index contributed by atoms with van der Waals surface area (Å²) in [5, 5.41) is 15.7. The predicted molar refractivity (Wildman–Crippen MR) is 122 cm³/mol. The van der Waals surface area contributed by atoms with Crippen LogP contribution in [0.3, 0.4) is 0 Å². The van der Waals surface area contributed by atoms with Gasteiger partial charge in [0.05, 0.1) is 43.2 Å². The first-order valence-corrected chi connectivity index (χ1v) is 11.1. The highest BCUT2D eigenvalue weighted by Crippen LogP contribution is 2.41. The van der Waals surface area contributed by atoms with Crippen molar-refractivity contribution < 1.29 is 24.2 Å². The lowest BCUT2D eigenvalue weighted by molar-refractivity contribution is -0.140. The molecule has 9 heteroatoms. The van der Waals surface area contributed by atoms with Crippen LogP contribution >= 0.6 is 0 Å². The van der Waals surface area contributed by atoms with E-state index in [1.54, 1.807) is 42.8 Å². The van der Waals surface area contributed by atoms with Crippen molar-refractivity contribution >= 4 is 17.4 Å². The van der Waals surface area contributed by atoms with Gasteiger partial charge < -0.3 is 19.5 Å². The molecule has 1 aromatic carbocycles. The van der Waals surface area contributed by atoms with Gasteiger partial charge in [-0.2, -0.15) is 5.10 Å². The largest absolute Gasteiger partial charge is 0.507 e. The van der Waals surface area contributed by atoms with Crippen LogP contribution in [-0.4, -0.2) is 82.9 Å². The monoisotopic (exact) mass is 454 g/mol. The van der Waals surface area contributed by atoms with E-state index in [0.29, 0.717) is 54.6 Å². The number of aryl methyl sites for hydroxylation is 2. The maximum atomic E-state index is 13.2. The number of ketones is 1. The van der Waals surface area contributed by atoms with Gasteiger partial charge in [-0.05, 0) is 31.5 Å². The highest BCUT2D eigenvalue weighted by atomic mass is 16.5. The van der Waals surface area contributed by atoms with Gasteiger partial charge >= 0.3 is 0 Å². The third kappa shape index (κ3) is 4.26. The Morgan fingerprint density at radius 3 is 2.58 bits per heavy atom. The first-order valence-electron chi connectivity index (χ1n) is 11.1. The molecule has 2 aliphatic rings. The second kappa shape index (κ2) is 9.36. The van der Waals surface area contributed by atoms with Crippen LogP contribution in [0.2, 0.25) is 0 Å². The zero-order valence-electron chi connectivity index (χ0n) is 19.5. The van der Waals surface area contributed by atoms with Crippen LogP contribution in [0.15, 0.2) is 29.8 Å². The Morgan fingerprint density at radius 2 is 1.94 bits per heavy atom. The number of methoxy groups -OCH3 is 1. The Morgan fingerprint density at radius 1 is 1.21 bits per heavy atom. The Balaban J connectivity index is 1.79. The van der Waals surface area contributed by atoms with E-state index in [4.69, 9.17) is 9.47 Å². The number of rotatable bonds is 6. The number of amides is 1. The number of hydrogen-bond acceptors (Lipinski definition) is 7. The fraction of sp³-hybridized carbons (Fsp3) is 0.458. The molecule has 1 N–H and O–H groups in total. The number of ether oxygens (including phenoxy) is 2. The number of morpholine rings is 1. The maximum absolute atomic E-state index is 13.2. The fourth-order valence-electron chi connectivity index (χ4n) is 4.59. The minimum Gasteiger partial charge on any atom is -0.507 e. The number of carbonyl (C=O) groups is 2. The SMILES string of the molecule is COc1cccc([C@H]2/C(=C(\O)c3c(C)nn(C)c3C)C(=O)C(=O)N2CCN2CCOCC2)c1. The molecule has 2 aliphatic heterocycles. The molecular weight excluding hydrogens is 424 g/mol. The third-order valence-electron chi connectivity index (χ3n) is 6.46. The van der Waals surface area contributed by atoms with Crippen LogP contribution in [0.1, 0.15) is 28.6 Å². The molecule has 2 saturated heterocycles. The standard InChI is InChI=1S/C24H30N4O5/c1-15-19(16(2)26(3)25-15)22(29)20-21(17-6-5-7-18(14-17)32-4)28(24(31)23(20)30)9-8-27-10-12-33-13-11-27/h5-7,14,21,29H,8-13H2,1-4H3/b22-20+/t21-/m0/s1. The predicted octanol–water partition coefficient (Wildman–Crippen LogP) is 1.80. The van der Waals surface area contributed by atoms with Gasteiger partial charge in [-0.3, -0.25) is 19.2 Å². The number of aliphatic hydroxyl groups is 1. The topological polar surface area (TPSA) is 97.1 Å². The molecule has 1 atom stereocenters. The van der Waals surface area contributed by atoms with Gasteiger partial charge in [0.15, 0.2) is 0 Å². The van der Waals surface area contributed by atoms with Crippen LogP contribution in [-0.2, 0) is 21.4 Å². The van der Waals surface area contributed by atoms with Gasteiger partial charge in [-0.15, -0.1) is 0 Å². The summed E-state index contributed by atoms with van der Waals surface area (Å²) in [4.78, 5) is 30.2. The average Bonchev–Trinajstić information content (AvgIpc) is 3.23. The van der Waals surface area contributed by atoms with Crippen LogP contribution in [0.4, 0.5) is 0 Å². The van der Waals surface area contributed by atoms with E-state index < -0.39 is 17.7 Å². The van der Waals surface area contributed by atoms with E-state index in [0.717, 1.165) is 13.1 Å².